The number of rotatable bonds is 18. The van der Waals surface area contributed by atoms with E-state index >= 15 is 0 Å². The molecule has 2 aliphatic rings. The first kappa shape index (κ1) is 49.4. The Labute approximate surface area is 406 Å². The summed E-state index contributed by atoms with van der Waals surface area (Å²) in [4.78, 5) is 58.8. The van der Waals surface area contributed by atoms with Crippen molar-refractivity contribution >= 4 is 28.9 Å². The molecule has 0 aliphatic carbocycles. The van der Waals surface area contributed by atoms with Crippen LogP contribution in [0, 0.1) is 5.41 Å². The third kappa shape index (κ3) is 9.48. The van der Waals surface area contributed by atoms with Crippen molar-refractivity contribution in [1.82, 2.24) is 14.9 Å². The van der Waals surface area contributed by atoms with Gasteiger partial charge in [-0.15, -0.1) is 0 Å². The summed E-state index contributed by atoms with van der Waals surface area (Å²) in [6, 6.07) is 32.1. The highest BCUT2D eigenvalue weighted by molar-refractivity contribution is 5.91. The van der Waals surface area contributed by atoms with Crippen LogP contribution in [-0.4, -0.2) is 79.4 Å². The largest absolute Gasteiger partial charge is 0.497 e. The fourth-order valence-corrected chi connectivity index (χ4v) is 9.15. The first-order chi connectivity index (χ1) is 33.7. The van der Waals surface area contributed by atoms with Crippen molar-refractivity contribution in [3.05, 3.63) is 152 Å². The van der Waals surface area contributed by atoms with Gasteiger partial charge in [0.25, 0.3) is 5.56 Å². The van der Waals surface area contributed by atoms with Crippen LogP contribution in [-0.2, 0) is 59.3 Å². The molecule has 2 N–H and O–H groups in total. The number of nitrogens with one attached hydrogen (secondary N) is 1. The Kier molecular flexibility index (Phi) is 14.4. The number of hydrogen-bond donors (Lipinski definition) is 2. The Bertz CT molecular complexity index is 2900. The normalized spacial score (nSPS) is 15.6. The van der Waals surface area contributed by atoms with Crippen LogP contribution in [0.25, 0.3) is 22.3 Å². The molecule has 15 nitrogen and oxygen atoms in total. The van der Waals surface area contributed by atoms with Gasteiger partial charge in [0.05, 0.1) is 61.9 Å². The van der Waals surface area contributed by atoms with E-state index in [0.29, 0.717) is 46.8 Å². The average molecular weight is 954 g/mol. The van der Waals surface area contributed by atoms with Gasteiger partial charge in [0.15, 0.2) is 0 Å². The van der Waals surface area contributed by atoms with Crippen molar-refractivity contribution in [2.45, 2.75) is 84.3 Å². The van der Waals surface area contributed by atoms with Crippen LogP contribution in [0.2, 0.25) is 0 Å². The summed E-state index contributed by atoms with van der Waals surface area (Å²) in [6.45, 7) is 9.27. The number of pyridine rings is 2. The predicted octanol–water partition coefficient (Wildman–Crippen LogP) is 8.12. The van der Waals surface area contributed by atoms with Gasteiger partial charge in [-0.3, -0.25) is 9.59 Å². The van der Waals surface area contributed by atoms with Crippen LogP contribution in [0.1, 0.15) is 86.4 Å². The van der Waals surface area contributed by atoms with Gasteiger partial charge in [0, 0.05) is 35.7 Å². The number of carbonyl (C=O) groups excluding carboxylic acids is 3. The van der Waals surface area contributed by atoms with Crippen molar-refractivity contribution in [2.75, 3.05) is 40.6 Å². The summed E-state index contributed by atoms with van der Waals surface area (Å²) in [6.07, 6.45) is -0.521. The lowest BCUT2D eigenvalue weighted by Crippen LogP contribution is -2.48. The first-order valence-corrected chi connectivity index (χ1v) is 23.5. The maximum absolute atomic E-state index is 14.1. The average Bonchev–Trinajstić information content (AvgIpc) is 3.73. The van der Waals surface area contributed by atoms with E-state index in [1.54, 1.807) is 64.7 Å². The molecule has 15 heteroatoms. The minimum atomic E-state index is -1.80. The number of aromatic nitrogens is 2. The Balaban J connectivity index is 0.906. The van der Waals surface area contributed by atoms with Crippen LogP contribution in [0.15, 0.2) is 108 Å². The number of fused-ring (bicyclic) bond motifs is 5. The lowest BCUT2D eigenvalue weighted by molar-refractivity contribution is -0.194. The molecule has 0 spiro atoms. The molecule has 2 aliphatic heterocycles. The molecule has 0 bridgehead atoms. The molecule has 6 aromatic rings. The number of aliphatic hydroxyl groups is 1. The second-order valence-corrected chi connectivity index (χ2v) is 18.4. The molecule has 70 heavy (non-hydrogen) atoms. The van der Waals surface area contributed by atoms with E-state index in [9.17, 15) is 24.3 Å². The van der Waals surface area contributed by atoms with E-state index in [4.69, 9.17) is 38.1 Å². The zero-order chi connectivity index (χ0) is 49.8. The highest BCUT2D eigenvalue weighted by Gasteiger charge is 2.51. The second-order valence-electron chi connectivity index (χ2n) is 18.4. The lowest BCUT2D eigenvalue weighted by Gasteiger charge is -2.37. The number of esters is 2. The number of nitrogens with zero attached hydrogens (tertiary/aromatic N) is 2. The Hall–Kier alpha value is -7.07. The highest BCUT2D eigenvalue weighted by Crippen LogP contribution is 2.44. The fraction of sp³-hybridized carbons (Fsp3) is 0.364. The lowest BCUT2D eigenvalue weighted by atomic mass is 9.80. The molecule has 1 amide bonds. The van der Waals surface area contributed by atoms with Crippen molar-refractivity contribution in [1.29, 1.82) is 0 Å². The maximum Gasteiger partial charge on any atom is 0.412 e. The molecule has 4 heterocycles. The highest BCUT2D eigenvalue weighted by atomic mass is 16.6. The van der Waals surface area contributed by atoms with Gasteiger partial charge in [-0.05, 0) is 105 Å². The van der Waals surface area contributed by atoms with Crippen molar-refractivity contribution in [3.8, 4) is 28.6 Å². The topological polar surface area (TPSA) is 183 Å². The molecular formula is C55H59N3O12. The van der Waals surface area contributed by atoms with E-state index in [-0.39, 0.29) is 62.8 Å². The second kappa shape index (κ2) is 20.5. The molecule has 2 aromatic heterocycles. The summed E-state index contributed by atoms with van der Waals surface area (Å²) in [5.41, 5.74) is 2.38. The van der Waals surface area contributed by atoms with E-state index in [1.807, 2.05) is 91.9 Å². The minimum Gasteiger partial charge on any atom is -0.497 e. The van der Waals surface area contributed by atoms with Crippen molar-refractivity contribution < 1.29 is 52.6 Å². The van der Waals surface area contributed by atoms with E-state index in [1.165, 1.54) is 0 Å². The van der Waals surface area contributed by atoms with Gasteiger partial charge in [-0.1, -0.05) is 68.4 Å². The third-order valence-corrected chi connectivity index (χ3v) is 12.9. The summed E-state index contributed by atoms with van der Waals surface area (Å²) in [7, 11) is 3.23. The Morgan fingerprint density at radius 2 is 1.49 bits per heavy atom. The molecule has 0 radical (unpaired) electrons. The predicted molar refractivity (Wildman–Crippen MR) is 261 cm³/mol. The van der Waals surface area contributed by atoms with Gasteiger partial charge in [0.2, 0.25) is 5.60 Å². The number of aryl methyl sites for hydroxylation is 1. The summed E-state index contributed by atoms with van der Waals surface area (Å²) in [5, 5.41) is 14.8. The first-order valence-electron chi connectivity index (χ1n) is 23.5. The zero-order valence-electron chi connectivity index (χ0n) is 40.6. The number of methoxy groups -OCH3 is 2. The van der Waals surface area contributed by atoms with Crippen LogP contribution in [0.4, 0.5) is 4.79 Å². The number of aliphatic hydroxyl groups excluding tert-OH is 1. The van der Waals surface area contributed by atoms with E-state index in [0.717, 1.165) is 33.2 Å². The van der Waals surface area contributed by atoms with Gasteiger partial charge in [-0.2, -0.15) is 0 Å². The van der Waals surface area contributed by atoms with Gasteiger partial charge >= 0.3 is 18.0 Å². The summed E-state index contributed by atoms with van der Waals surface area (Å²) in [5.74, 6) is 0.331. The number of carbonyl (C=O) groups is 3. The van der Waals surface area contributed by atoms with Gasteiger partial charge < -0.3 is 48.1 Å². The molecule has 0 saturated heterocycles. The van der Waals surface area contributed by atoms with Crippen molar-refractivity contribution in [3.63, 3.8) is 0 Å². The summed E-state index contributed by atoms with van der Waals surface area (Å²) >= 11 is 0. The van der Waals surface area contributed by atoms with E-state index in [2.05, 4.69) is 5.32 Å². The standard InChI is InChI=1S/C55H59N3O12/c1-8-41-42-25-24-40(28-46(42)57-48-43(41)30-58-47(48)29-45-44(49(58)60)33-67-51(62)54(45,9-2)70-50(61)53(3,4)5)69-52(63)56-26-13-27-66-31-37(59)32-68-55(34-14-11-10-12-15-34,35-16-20-38(64-6)21-17-35)36-18-22-39(65-7)23-19-36/h10-12,14-25,28-29,37,59H,8-9,13,26-27,30-33H2,1-7H3,(H,56,63)/t37?,54-/m0/s1. The van der Waals surface area contributed by atoms with Gasteiger partial charge in [-0.25, -0.2) is 14.6 Å². The van der Waals surface area contributed by atoms with Crippen LogP contribution < -0.4 is 25.1 Å². The molecule has 4 aromatic carbocycles. The summed E-state index contributed by atoms with van der Waals surface area (Å²) < 4.78 is 42.2. The number of benzene rings is 4. The fourth-order valence-electron chi connectivity index (χ4n) is 9.15. The number of cyclic esters (lactones) is 1. The van der Waals surface area contributed by atoms with Crippen LogP contribution >= 0.6 is 0 Å². The van der Waals surface area contributed by atoms with Crippen LogP contribution in [0.5, 0.6) is 17.2 Å². The monoisotopic (exact) mass is 953 g/mol. The molecule has 0 saturated carbocycles. The number of amides is 1. The molecule has 8 rings (SSSR count). The Morgan fingerprint density at radius 1 is 0.843 bits per heavy atom. The SMILES string of the molecule is CCc1c2c(nc3cc(OC(=O)NCCCOCC(O)COC(c4ccccc4)(c4ccc(OC)cc4)c4ccc(OC)cc4)ccc13)-c1cc3c(c(=O)n1C2)COC(=O)[C@@]3(CC)OC(=O)C(C)(C)C. The van der Waals surface area contributed by atoms with Crippen LogP contribution in [0.3, 0.4) is 0 Å². The molecule has 2 atom stereocenters. The maximum atomic E-state index is 14.1. The number of hydrogen-bond acceptors (Lipinski definition) is 13. The third-order valence-electron chi connectivity index (χ3n) is 12.9. The molecule has 0 fully saturated rings. The van der Waals surface area contributed by atoms with Crippen molar-refractivity contribution in [2.24, 2.45) is 5.41 Å². The molecular weight excluding hydrogens is 895 g/mol. The Morgan fingerprint density at radius 3 is 2.10 bits per heavy atom. The molecule has 1 unspecified atom stereocenters. The zero-order valence-corrected chi connectivity index (χ0v) is 40.6. The quantitative estimate of drug-likeness (QED) is 0.0478. The molecule has 366 valence electrons. The van der Waals surface area contributed by atoms with Gasteiger partial charge in [0.1, 0.15) is 35.6 Å². The number of ether oxygens (including phenoxy) is 7. The smallest absolute Gasteiger partial charge is 0.412 e. The minimum absolute atomic E-state index is 0.00760. The van der Waals surface area contributed by atoms with E-state index < -0.39 is 40.8 Å².